The van der Waals surface area contributed by atoms with Crippen molar-refractivity contribution in [3.63, 3.8) is 0 Å². The molecule has 0 aliphatic heterocycles. The number of nitrogens with one attached hydrogen (secondary N) is 1. The van der Waals surface area contributed by atoms with E-state index in [9.17, 15) is 9.59 Å². The molecule has 4 rings (SSSR count). The first-order valence-corrected chi connectivity index (χ1v) is 9.16. The minimum Gasteiger partial charge on any atom is -0.465 e. The number of carbonyl (C=O) groups excluding carboxylic acids is 2. The maximum atomic E-state index is 12.4. The SMILES string of the molecule is COC(=O)c1ccc(CNC(=O)c2cc3c(nc4sccn43)s2)cc1. The van der Waals surface area contributed by atoms with E-state index in [-0.39, 0.29) is 11.9 Å². The largest absolute Gasteiger partial charge is 0.465 e. The van der Waals surface area contributed by atoms with Crippen molar-refractivity contribution in [3.8, 4) is 0 Å². The van der Waals surface area contributed by atoms with Gasteiger partial charge in [-0.05, 0) is 23.8 Å². The number of benzene rings is 1. The van der Waals surface area contributed by atoms with Crippen molar-refractivity contribution in [2.45, 2.75) is 6.54 Å². The minimum absolute atomic E-state index is 0.135. The molecule has 0 aliphatic carbocycles. The fraction of sp³-hybridized carbons (Fsp3) is 0.118. The van der Waals surface area contributed by atoms with Gasteiger partial charge in [0.05, 0.1) is 23.1 Å². The Morgan fingerprint density at radius 2 is 2.08 bits per heavy atom. The summed E-state index contributed by atoms with van der Waals surface area (Å²) in [6.45, 7) is 0.386. The number of hydrogen-bond acceptors (Lipinski definition) is 6. The van der Waals surface area contributed by atoms with Crippen molar-refractivity contribution >= 4 is 49.9 Å². The maximum absolute atomic E-state index is 12.4. The number of fused-ring (bicyclic) bond motifs is 3. The highest BCUT2D eigenvalue weighted by molar-refractivity contribution is 7.21. The Morgan fingerprint density at radius 1 is 1.28 bits per heavy atom. The van der Waals surface area contributed by atoms with E-state index in [1.165, 1.54) is 18.4 Å². The number of nitrogens with zero attached hydrogens (tertiary/aromatic N) is 2. The Hall–Kier alpha value is -2.71. The molecule has 3 aromatic heterocycles. The number of methoxy groups -OCH3 is 1. The van der Waals surface area contributed by atoms with Crippen LogP contribution < -0.4 is 5.32 Å². The second-order valence-electron chi connectivity index (χ2n) is 5.34. The third-order valence-electron chi connectivity index (χ3n) is 3.79. The van der Waals surface area contributed by atoms with Crippen LogP contribution >= 0.6 is 22.7 Å². The second kappa shape index (κ2) is 6.30. The first-order valence-electron chi connectivity index (χ1n) is 7.46. The van der Waals surface area contributed by atoms with Crippen LogP contribution in [0.25, 0.3) is 15.3 Å². The first kappa shape index (κ1) is 15.8. The fourth-order valence-corrected chi connectivity index (χ4v) is 4.22. The highest BCUT2D eigenvalue weighted by atomic mass is 32.1. The smallest absolute Gasteiger partial charge is 0.337 e. The molecular weight excluding hydrogens is 358 g/mol. The molecule has 0 bridgehead atoms. The molecule has 0 saturated heterocycles. The molecule has 6 nitrogen and oxygen atoms in total. The average Bonchev–Trinajstić information content (AvgIpc) is 3.31. The topological polar surface area (TPSA) is 72.7 Å². The van der Waals surface area contributed by atoms with Crippen molar-refractivity contribution in [1.82, 2.24) is 14.7 Å². The summed E-state index contributed by atoms with van der Waals surface area (Å²) in [4.78, 5) is 30.7. The van der Waals surface area contributed by atoms with Crippen molar-refractivity contribution in [3.05, 3.63) is 57.9 Å². The Morgan fingerprint density at radius 3 is 2.84 bits per heavy atom. The molecule has 1 amide bonds. The second-order valence-corrected chi connectivity index (χ2v) is 7.24. The number of imidazole rings is 1. The normalized spacial score (nSPS) is 11.1. The van der Waals surface area contributed by atoms with Crippen molar-refractivity contribution in [2.24, 2.45) is 0 Å². The number of amides is 1. The summed E-state index contributed by atoms with van der Waals surface area (Å²) in [6.07, 6.45) is 1.95. The van der Waals surface area contributed by atoms with Crippen LogP contribution in [0.3, 0.4) is 0 Å². The van der Waals surface area contributed by atoms with Gasteiger partial charge in [0.1, 0.15) is 4.83 Å². The highest BCUT2D eigenvalue weighted by Crippen LogP contribution is 2.28. The number of ether oxygens (including phenoxy) is 1. The molecule has 0 unspecified atom stereocenters. The standard InChI is InChI=1S/C17H13N3O3S2/c1-23-16(22)11-4-2-10(3-5-11)9-18-14(21)13-8-12-15(25-13)19-17-20(12)6-7-24-17/h2-8H,9H2,1H3,(H,18,21). The van der Waals surface area contributed by atoms with E-state index in [1.54, 1.807) is 35.6 Å². The number of esters is 1. The molecule has 0 radical (unpaired) electrons. The zero-order valence-electron chi connectivity index (χ0n) is 13.2. The number of aromatic nitrogens is 2. The van der Waals surface area contributed by atoms with Gasteiger partial charge in [-0.2, -0.15) is 0 Å². The third kappa shape index (κ3) is 2.90. The van der Waals surface area contributed by atoms with Crippen LogP contribution in [0, 0.1) is 0 Å². The lowest BCUT2D eigenvalue weighted by atomic mass is 10.1. The molecule has 8 heteroatoms. The fourth-order valence-electron chi connectivity index (χ4n) is 2.51. The van der Waals surface area contributed by atoms with Gasteiger partial charge in [-0.25, -0.2) is 9.78 Å². The van der Waals surface area contributed by atoms with Gasteiger partial charge in [0.25, 0.3) is 5.91 Å². The van der Waals surface area contributed by atoms with Gasteiger partial charge in [-0.1, -0.05) is 12.1 Å². The predicted molar refractivity (Wildman–Crippen MR) is 97.4 cm³/mol. The molecule has 0 atom stereocenters. The molecule has 3 heterocycles. The summed E-state index contributed by atoms with van der Waals surface area (Å²) in [5, 5.41) is 4.86. The lowest BCUT2D eigenvalue weighted by Crippen LogP contribution is -2.21. The molecule has 4 aromatic rings. The van der Waals surface area contributed by atoms with Crippen LogP contribution in [0.2, 0.25) is 0 Å². The number of rotatable bonds is 4. The van der Waals surface area contributed by atoms with Gasteiger partial charge in [0.2, 0.25) is 0 Å². The molecular formula is C17H13N3O3S2. The van der Waals surface area contributed by atoms with Crippen LogP contribution in [0.1, 0.15) is 25.6 Å². The van der Waals surface area contributed by atoms with Crippen LogP contribution in [0.5, 0.6) is 0 Å². The van der Waals surface area contributed by atoms with Crippen molar-refractivity contribution < 1.29 is 14.3 Å². The number of carbonyl (C=O) groups is 2. The molecule has 0 aliphatic rings. The highest BCUT2D eigenvalue weighted by Gasteiger charge is 2.15. The summed E-state index contributed by atoms with van der Waals surface area (Å²) in [6, 6.07) is 8.82. The van der Waals surface area contributed by atoms with E-state index in [1.807, 2.05) is 22.0 Å². The van der Waals surface area contributed by atoms with Gasteiger partial charge in [0.15, 0.2) is 4.96 Å². The Labute approximate surface area is 150 Å². The third-order valence-corrected chi connectivity index (χ3v) is 5.57. The van der Waals surface area contributed by atoms with E-state index in [0.717, 1.165) is 20.9 Å². The maximum Gasteiger partial charge on any atom is 0.337 e. The Kier molecular flexibility index (Phi) is 3.98. The lowest BCUT2D eigenvalue weighted by Gasteiger charge is -2.05. The van der Waals surface area contributed by atoms with Crippen molar-refractivity contribution in [1.29, 1.82) is 0 Å². The van der Waals surface area contributed by atoms with Gasteiger partial charge >= 0.3 is 5.97 Å². The minimum atomic E-state index is -0.377. The average molecular weight is 371 g/mol. The summed E-state index contributed by atoms with van der Waals surface area (Å²) >= 11 is 2.95. The zero-order chi connectivity index (χ0) is 17.4. The molecule has 0 fully saturated rings. The summed E-state index contributed by atoms with van der Waals surface area (Å²) in [5.74, 6) is -0.512. The number of hydrogen-bond donors (Lipinski definition) is 1. The molecule has 25 heavy (non-hydrogen) atoms. The Balaban J connectivity index is 1.46. The van der Waals surface area contributed by atoms with Gasteiger partial charge < -0.3 is 10.1 Å². The van der Waals surface area contributed by atoms with E-state index < -0.39 is 0 Å². The Bertz CT molecular complexity index is 1080. The number of thiazole rings is 1. The quantitative estimate of drug-likeness (QED) is 0.559. The van der Waals surface area contributed by atoms with Crippen LogP contribution in [-0.4, -0.2) is 28.4 Å². The zero-order valence-corrected chi connectivity index (χ0v) is 14.8. The molecule has 0 saturated carbocycles. The summed E-state index contributed by atoms with van der Waals surface area (Å²) < 4.78 is 6.65. The molecule has 126 valence electrons. The van der Waals surface area contributed by atoms with Gasteiger partial charge in [-0.15, -0.1) is 22.7 Å². The van der Waals surface area contributed by atoms with Gasteiger partial charge in [0, 0.05) is 18.1 Å². The summed E-state index contributed by atoms with van der Waals surface area (Å²) in [5.41, 5.74) is 2.34. The van der Waals surface area contributed by atoms with Gasteiger partial charge in [-0.3, -0.25) is 9.20 Å². The van der Waals surface area contributed by atoms with Crippen molar-refractivity contribution in [2.75, 3.05) is 7.11 Å². The molecule has 1 N–H and O–H groups in total. The first-order chi connectivity index (χ1) is 12.2. The number of thiophene rings is 1. The van der Waals surface area contributed by atoms with E-state index in [2.05, 4.69) is 15.0 Å². The van der Waals surface area contributed by atoms with E-state index >= 15 is 0 Å². The molecule has 0 spiro atoms. The summed E-state index contributed by atoms with van der Waals surface area (Å²) in [7, 11) is 1.35. The van der Waals surface area contributed by atoms with Crippen LogP contribution in [-0.2, 0) is 11.3 Å². The predicted octanol–water partition coefficient (Wildman–Crippen LogP) is 3.33. The van der Waals surface area contributed by atoms with E-state index in [0.29, 0.717) is 17.0 Å². The van der Waals surface area contributed by atoms with Crippen LogP contribution in [0.15, 0.2) is 41.9 Å². The van der Waals surface area contributed by atoms with Crippen LogP contribution in [0.4, 0.5) is 0 Å². The lowest BCUT2D eigenvalue weighted by molar-refractivity contribution is 0.0600. The van der Waals surface area contributed by atoms with E-state index in [4.69, 9.17) is 0 Å². The monoisotopic (exact) mass is 371 g/mol. The molecule has 1 aromatic carbocycles.